The third-order valence-electron chi connectivity index (χ3n) is 4.67. The van der Waals surface area contributed by atoms with Gasteiger partial charge in [0.15, 0.2) is 5.82 Å². The van der Waals surface area contributed by atoms with Crippen molar-refractivity contribution >= 4 is 28.9 Å². The zero-order valence-corrected chi connectivity index (χ0v) is 16.5. The van der Waals surface area contributed by atoms with Crippen LogP contribution in [0.15, 0.2) is 55.1 Å². The maximum Gasteiger partial charge on any atom is 0.324 e. The molecule has 4 aromatic rings. The standard InChI is InChI=1S/C21H21N7O2/c1-12-7-8-23-17(9-12)27-21(30)26-15-5-3-14(4-6-15)18-16(13(2)29)10-28-19(18)20(22)24-11-25-28/h3-11,13,29H,1-2H3,(H2,22,24,25)(H2,23,26,27,30). The van der Waals surface area contributed by atoms with E-state index >= 15 is 0 Å². The first-order valence-electron chi connectivity index (χ1n) is 9.33. The molecule has 0 aliphatic rings. The van der Waals surface area contributed by atoms with Crippen LogP contribution >= 0.6 is 0 Å². The lowest BCUT2D eigenvalue weighted by molar-refractivity contribution is 0.200. The molecule has 152 valence electrons. The Kier molecular flexibility index (Phi) is 5.03. The van der Waals surface area contributed by atoms with Crippen LogP contribution in [-0.4, -0.2) is 30.7 Å². The molecule has 9 nitrogen and oxygen atoms in total. The average molecular weight is 403 g/mol. The molecule has 1 atom stereocenters. The van der Waals surface area contributed by atoms with Crippen molar-refractivity contribution in [3.8, 4) is 11.1 Å². The van der Waals surface area contributed by atoms with E-state index in [0.29, 0.717) is 28.4 Å². The summed E-state index contributed by atoms with van der Waals surface area (Å²) in [7, 11) is 0. The highest BCUT2D eigenvalue weighted by Crippen LogP contribution is 2.35. The highest BCUT2D eigenvalue weighted by molar-refractivity contribution is 5.99. The summed E-state index contributed by atoms with van der Waals surface area (Å²) in [5.74, 6) is 0.792. The van der Waals surface area contributed by atoms with Crippen molar-refractivity contribution in [2.75, 3.05) is 16.4 Å². The van der Waals surface area contributed by atoms with Crippen LogP contribution in [0, 0.1) is 6.92 Å². The van der Waals surface area contributed by atoms with Crippen molar-refractivity contribution < 1.29 is 9.90 Å². The lowest BCUT2D eigenvalue weighted by Crippen LogP contribution is -2.20. The van der Waals surface area contributed by atoms with Crippen LogP contribution in [0.1, 0.15) is 24.2 Å². The first-order valence-corrected chi connectivity index (χ1v) is 9.33. The molecule has 4 rings (SSSR count). The SMILES string of the molecule is Cc1ccnc(NC(=O)Nc2ccc(-c3c(C(C)O)cn4ncnc(N)c34)cc2)c1. The van der Waals surface area contributed by atoms with E-state index in [1.807, 2.05) is 25.1 Å². The van der Waals surface area contributed by atoms with Crippen LogP contribution in [0.4, 0.5) is 22.1 Å². The number of benzene rings is 1. The summed E-state index contributed by atoms with van der Waals surface area (Å²) >= 11 is 0. The second-order valence-electron chi connectivity index (χ2n) is 6.95. The van der Waals surface area contributed by atoms with Crippen molar-refractivity contribution in [1.82, 2.24) is 19.6 Å². The van der Waals surface area contributed by atoms with Crippen molar-refractivity contribution in [2.24, 2.45) is 0 Å². The second kappa shape index (κ2) is 7.80. The molecule has 0 saturated carbocycles. The number of fused-ring (bicyclic) bond motifs is 1. The summed E-state index contributed by atoms with van der Waals surface area (Å²) in [6.07, 6.45) is 4.03. The van der Waals surface area contributed by atoms with Gasteiger partial charge in [-0.3, -0.25) is 5.32 Å². The number of nitrogen functional groups attached to an aromatic ring is 1. The third kappa shape index (κ3) is 3.78. The van der Waals surface area contributed by atoms with Crippen molar-refractivity contribution in [3.05, 3.63) is 66.2 Å². The van der Waals surface area contributed by atoms with Gasteiger partial charge in [-0.05, 0) is 49.2 Å². The fourth-order valence-corrected chi connectivity index (χ4v) is 3.28. The van der Waals surface area contributed by atoms with Crippen molar-refractivity contribution in [2.45, 2.75) is 20.0 Å². The van der Waals surface area contributed by atoms with E-state index in [4.69, 9.17) is 5.73 Å². The smallest absolute Gasteiger partial charge is 0.324 e. The zero-order chi connectivity index (χ0) is 21.3. The molecule has 0 fully saturated rings. The predicted octanol–water partition coefficient (Wildman–Crippen LogP) is 3.38. The van der Waals surface area contributed by atoms with E-state index in [-0.39, 0.29) is 0 Å². The number of carbonyl (C=O) groups is 1. The number of nitrogens with zero attached hydrogens (tertiary/aromatic N) is 4. The number of aromatic nitrogens is 4. The minimum absolute atomic E-state index is 0.319. The van der Waals surface area contributed by atoms with Crippen LogP contribution in [0.5, 0.6) is 0 Å². The van der Waals surface area contributed by atoms with Gasteiger partial charge in [0.1, 0.15) is 17.7 Å². The van der Waals surface area contributed by atoms with E-state index in [1.165, 1.54) is 6.33 Å². The van der Waals surface area contributed by atoms with E-state index in [2.05, 4.69) is 25.7 Å². The Morgan fingerprint density at radius 1 is 1.17 bits per heavy atom. The molecule has 3 aromatic heterocycles. The Labute approximate surface area is 172 Å². The average Bonchev–Trinajstić information content (AvgIpc) is 3.10. The van der Waals surface area contributed by atoms with E-state index in [1.54, 1.807) is 42.0 Å². The quantitative estimate of drug-likeness (QED) is 0.413. The highest BCUT2D eigenvalue weighted by Gasteiger charge is 2.19. The first-order chi connectivity index (χ1) is 14.4. The minimum Gasteiger partial charge on any atom is -0.389 e. The maximum atomic E-state index is 12.2. The van der Waals surface area contributed by atoms with Gasteiger partial charge in [0, 0.05) is 29.2 Å². The molecule has 0 spiro atoms. The molecule has 0 radical (unpaired) electrons. The van der Waals surface area contributed by atoms with Crippen LogP contribution in [-0.2, 0) is 0 Å². The number of aliphatic hydroxyl groups is 1. The van der Waals surface area contributed by atoms with Gasteiger partial charge in [-0.15, -0.1) is 0 Å². The Bertz CT molecular complexity index is 1220. The number of urea groups is 1. The molecule has 9 heteroatoms. The number of anilines is 3. The molecule has 0 saturated heterocycles. The molecular formula is C21H21N7O2. The molecule has 0 aliphatic carbocycles. The van der Waals surface area contributed by atoms with Gasteiger partial charge in [-0.2, -0.15) is 5.10 Å². The lowest BCUT2D eigenvalue weighted by Gasteiger charge is -2.10. The van der Waals surface area contributed by atoms with Crippen LogP contribution < -0.4 is 16.4 Å². The van der Waals surface area contributed by atoms with Crippen LogP contribution in [0.25, 0.3) is 16.6 Å². The van der Waals surface area contributed by atoms with E-state index in [0.717, 1.165) is 16.7 Å². The highest BCUT2D eigenvalue weighted by atomic mass is 16.3. The largest absolute Gasteiger partial charge is 0.389 e. The Morgan fingerprint density at radius 3 is 2.63 bits per heavy atom. The topological polar surface area (TPSA) is 130 Å². The van der Waals surface area contributed by atoms with Gasteiger partial charge < -0.3 is 16.2 Å². The number of pyridine rings is 1. The summed E-state index contributed by atoms with van der Waals surface area (Å²) < 4.78 is 1.61. The normalized spacial score (nSPS) is 12.0. The predicted molar refractivity (Wildman–Crippen MR) is 115 cm³/mol. The van der Waals surface area contributed by atoms with E-state index < -0.39 is 12.1 Å². The third-order valence-corrected chi connectivity index (χ3v) is 4.67. The molecule has 30 heavy (non-hydrogen) atoms. The number of aryl methyl sites for hydroxylation is 1. The monoisotopic (exact) mass is 403 g/mol. The lowest BCUT2D eigenvalue weighted by atomic mass is 9.99. The number of carbonyl (C=O) groups excluding carboxylic acids is 1. The number of hydrogen-bond donors (Lipinski definition) is 4. The number of amides is 2. The first kappa shape index (κ1) is 19.3. The summed E-state index contributed by atoms with van der Waals surface area (Å²) in [4.78, 5) is 20.4. The fourth-order valence-electron chi connectivity index (χ4n) is 3.28. The molecule has 0 aliphatic heterocycles. The molecule has 1 aromatic carbocycles. The summed E-state index contributed by atoms with van der Waals surface area (Å²) in [6.45, 7) is 3.61. The molecule has 5 N–H and O–H groups in total. The minimum atomic E-state index is -0.716. The van der Waals surface area contributed by atoms with Gasteiger partial charge in [-0.25, -0.2) is 19.3 Å². The van der Waals surface area contributed by atoms with Crippen molar-refractivity contribution in [1.29, 1.82) is 0 Å². The number of nitrogens with one attached hydrogen (secondary N) is 2. The zero-order valence-electron chi connectivity index (χ0n) is 16.5. The Hall–Kier alpha value is -3.98. The summed E-state index contributed by atoms with van der Waals surface area (Å²) in [5, 5.41) is 19.9. The Balaban J connectivity index is 1.60. The van der Waals surface area contributed by atoms with Crippen molar-refractivity contribution in [3.63, 3.8) is 0 Å². The Morgan fingerprint density at radius 2 is 1.93 bits per heavy atom. The van der Waals surface area contributed by atoms with Crippen LogP contribution in [0.3, 0.4) is 0 Å². The van der Waals surface area contributed by atoms with Crippen LogP contribution in [0.2, 0.25) is 0 Å². The number of nitrogens with two attached hydrogens (primary N) is 1. The summed E-state index contributed by atoms with van der Waals surface area (Å²) in [5.41, 5.74) is 10.6. The molecule has 1 unspecified atom stereocenters. The van der Waals surface area contributed by atoms with E-state index in [9.17, 15) is 9.90 Å². The van der Waals surface area contributed by atoms with Gasteiger partial charge >= 0.3 is 6.03 Å². The van der Waals surface area contributed by atoms with Gasteiger partial charge in [-0.1, -0.05) is 12.1 Å². The summed E-state index contributed by atoms with van der Waals surface area (Å²) in [6, 6.07) is 10.5. The van der Waals surface area contributed by atoms with Gasteiger partial charge in [0.25, 0.3) is 0 Å². The number of aliphatic hydroxyl groups excluding tert-OH is 1. The maximum absolute atomic E-state index is 12.2. The van der Waals surface area contributed by atoms with Gasteiger partial charge in [0.2, 0.25) is 0 Å². The molecule has 2 amide bonds. The number of rotatable bonds is 4. The fraction of sp³-hybridized carbons (Fsp3) is 0.143. The molecule has 0 bridgehead atoms. The van der Waals surface area contributed by atoms with Gasteiger partial charge in [0.05, 0.1) is 6.10 Å². The second-order valence-corrected chi connectivity index (χ2v) is 6.95. The molecule has 3 heterocycles. The molecular weight excluding hydrogens is 382 g/mol. The number of hydrogen-bond acceptors (Lipinski definition) is 6.